The Kier molecular flexibility index (Phi) is 7.20. The molecule has 2 aromatic carbocycles. The molecule has 2 aromatic rings. The lowest BCUT2D eigenvalue weighted by Crippen LogP contribution is -2.26. The van der Waals surface area contributed by atoms with E-state index in [9.17, 15) is 26.3 Å². The molecule has 0 aliphatic heterocycles. The smallest absolute Gasteiger partial charge is 0.429 e. The fourth-order valence-corrected chi connectivity index (χ4v) is 5.24. The summed E-state index contributed by atoms with van der Waals surface area (Å²) in [6, 6.07) is 2.97. The zero-order valence-electron chi connectivity index (χ0n) is 19.3. The highest BCUT2D eigenvalue weighted by atomic mass is 19.3. The summed E-state index contributed by atoms with van der Waals surface area (Å²) in [5.41, 5.74) is -1.61. The number of benzene rings is 2. The van der Waals surface area contributed by atoms with E-state index in [-0.39, 0.29) is 11.5 Å². The van der Waals surface area contributed by atoms with Crippen LogP contribution in [0.1, 0.15) is 80.9 Å². The Hall–Kier alpha value is -2.18. The van der Waals surface area contributed by atoms with E-state index < -0.39 is 40.7 Å². The molecule has 0 amide bonds. The van der Waals surface area contributed by atoms with Crippen molar-refractivity contribution >= 4 is 0 Å². The number of halogens is 6. The Morgan fingerprint density at radius 2 is 1.21 bits per heavy atom. The Morgan fingerprint density at radius 3 is 1.74 bits per heavy atom. The van der Waals surface area contributed by atoms with Gasteiger partial charge < -0.3 is 4.74 Å². The van der Waals surface area contributed by atoms with Gasteiger partial charge in [-0.05, 0) is 99.7 Å². The second-order valence-corrected chi connectivity index (χ2v) is 9.65. The van der Waals surface area contributed by atoms with Gasteiger partial charge in [0.05, 0.1) is 0 Å². The summed E-state index contributed by atoms with van der Waals surface area (Å²) in [5.74, 6) is -2.41. The molecule has 0 unspecified atom stereocenters. The minimum absolute atomic E-state index is 0.117. The molecule has 0 saturated heterocycles. The van der Waals surface area contributed by atoms with E-state index in [0.717, 1.165) is 70.4 Å². The van der Waals surface area contributed by atoms with Gasteiger partial charge in [-0.1, -0.05) is 6.92 Å². The van der Waals surface area contributed by atoms with Crippen molar-refractivity contribution in [3.63, 3.8) is 0 Å². The third kappa shape index (κ3) is 5.23. The zero-order valence-corrected chi connectivity index (χ0v) is 19.3. The van der Waals surface area contributed by atoms with Crippen LogP contribution in [0.4, 0.5) is 26.3 Å². The fourth-order valence-electron chi connectivity index (χ4n) is 5.24. The van der Waals surface area contributed by atoms with Crippen molar-refractivity contribution in [2.75, 3.05) is 0 Å². The van der Waals surface area contributed by atoms with Gasteiger partial charge in [-0.25, -0.2) is 17.6 Å². The molecule has 0 N–H and O–H groups in total. The summed E-state index contributed by atoms with van der Waals surface area (Å²) in [6.07, 6.45) is 3.36. The van der Waals surface area contributed by atoms with E-state index in [0.29, 0.717) is 23.6 Å². The molecule has 0 atom stereocenters. The highest BCUT2D eigenvalue weighted by Gasteiger charge is 2.42. The molecule has 0 heterocycles. The molecule has 2 saturated carbocycles. The number of hydrogen-bond donors (Lipinski definition) is 0. The lowest BCUT2D eigenvalue weighted by atomic mass is 9.68. The summed E-state index contributed by atoms with van der Waals surface area (Å²) in [7, 11) is 0. The van der Waals surface area contributed by atoms with E-state index >= 15 is 0 Å². The quantitative estimate of drug-likeness (QED) is 0.387. The summed E-state index contributed by atoms with van der Waals surface area (Å²) >= 11 is 0. The van der Waals surface area contributed by atoms with Gasteiger partial charge in [0.2, 0.25) is 0 Å². The minimum atomic E-state index is -4.45. The van der Waals surface area contributed by atoms with Crippen LogP contribution >= 0.6 is 0 Å². The van der Waals surface area contributed by atoms with Gasteiger partial charge in [0.15, 0.2) is 0 Å². The Balaban J connectivity index is 1.47. The first-order valence-corrected chi connectivity index (χ1v) is 11.7. The molecule has 1 nitrogen and oxygen atoms in total. The second-order valence-electron chi connectivity index (χ2n) is 9.65. The SMILES string of the molecule is C[C]1CCC([C]2CCC(c3cc(F)c(C(F)(F)Oc4cc(F)c(C)c(F)c4)c(F)c3)CC2)CC1. The van der Waals surface area contributed by atoms with Crippen LogP contribution in [-0.4, -0.2) is 0 Å². The van der Waals surface area contributed by atoms with Crippen LogP contribution in [0, 0.1) is 47.9 Å². The molecule has 0 bridgehead atoms. The van der Waals surface area contributed by atoms with Gasteiger partial charge in [-0.2, -0.15) is 8.78 Å². The molecule has 34 heavy (non-hydrogen) atoms. The first kappa shape index (κ1) is 24.9. The fraction of sp³-hybridized carbons (Fsp3) is 0.481. The van der Waals surface area contributed by atoms with Crippen molar-refractivity contribution in [2.45, 2.75) is 77.2 Å². The highest BCUT2D eigenvalue weighted by molar-refractivity contribution is 5.34. The lowest BCUT2D eigenvalue weighted by Gasteiger charge is -2.37. The van der Waals surface area contributed by atoms with Crippen LogP contribution in [0.25, 0.3) is 0 Å². The van der Waals surface area contributed by atoms with Crippen LogP contribution in [0.3, 0.4) is 0 Å². The summed E-state index contributed by atoms with van der Waals surface area (Å²) in [6.45, 7) is 3.32. The summed E-state index contributed by atoms with van der Waals surface area (Å²) < 4.78 is 90.4. The monoisotopic (exact) mass is 482 g/mol. The first-order chi connectivity index (χ1) is 16.0. The maximum absolute atomic E-state index is 14.7. The van der Waals surface area contributed by atoms with Crippen molar-refractivity contribution in [3.05, 3.63) is 76.1 Å². The Bertz CT molecular complexity index is 974. The molecular formula is C27H28F6O. The van der Waals surface area contributed by atoms with Gasteiger partial charge in [0.25, 0.3) is 0 Å². The standard InChI is InChI=1S/C27H28F6O/c1-15-3-5-17(6-4-15)18-7-9-19(10-8-18)20-11-24(30)26(25(31)12-20)27(32,33)34-21-13-22(28)16(2)23(29)14-21/h11-14,17,19H,3-10H2,1-2H3. The minimum Gasteiger partial charge on any atom is -0.429 e. The van der Waals surface area contributed by atoms with E-state index in [1.54, 1.807) is 0 Å². The highest BCUT2D eigenvalue weighted by Crippen LogP contribution is 2.46. The molecule has 2 aliphatic rings. The summed E-state index contributed by atoms with van der Waals surface area (Å²) in [4.78, 5) is 0. The van der Waals surface area contributed by atoms with Gasteiger partial charge in [-0.15, -0.1) is 0 Å². The average Bonchev–Trinajstić information content (AvgIpc) is 2.77. The third-order valence-corrected chi connectivity index (χ3v) is 7.37. The first-order valence-electron chi connectivity index (χ1n) is 11.7. The van der Waals surface area contributed by atoms with E-state index in [2.05, 4.69) is 11.7 Å². The lowest BCUT2D eigenvalue weighted by molar-refractivity contribution is -0.189. The van der Waals surface area contributed by atoms with Crippen LogP contribution in [0.5, 0.6) is 5.75 Å². The molecule has 0 spiro atoms. The Morgan fingerprint density at radius 1 is 0.706 bits per heavy atom. The van der Waals surface area contributed by atoms with Crippen LogP contribution in [-0.2, 0) is 6.11 Å². The number of ether oxygens (including phenoxy) is 1. The molecule has 184 valence electrons. The van der Waals surface area contributed by atoms with Crippen molar-refractivity contribution in [3.8, 4) is 5.75 Å². The molecule has 2 fully saturated rings. The number of rotatable bonds is 5. The van der Waals surface area contributed by atoms with Crippen molar-refractivity contribution in [2.24, 2.45) is 5.92 Å². The van der Waals surface area contributed by atoms with Gasteiger partial charge in [0, 0.05) is 17.7 Å². The number of alkyl halides is 2. The zero-order chi connectivity index (χ0) is 24.6. The molecule has 7 heteroatoms. The van der Waals surface area contributed by atoms with Crippen molar-refractivity contribution in [1.82, 2.24) is 0 Å². The maximum atomic E-state index is 14.7. The van der Waals surface area contributed by atoms with Gasteiger partial charge >= 0.3 is 6.11 Å². The Labute approximate surface area is 196 Å². The van der Waals surface area contributed by atoms with Crippen LogP contribution in [0.2, 0.25) is 0 Å². The third-order valence-electron chi connectivity index (χ3n) is 7.37. The van der Waals surface area contributed by atoms with Crippen molar-refractivity contribution in [1.29, 1.82) is 0 Å². The summed E-state index contributed by atoms with van der Waals surface area (Å²) in [5, 5.41) is 0. The van der Waals surface area contributed by atoms with E-state index in [1.807, 2.05) is 0 Å². The van der Waals surface area contributed by atoms with Gasteiger partial charge in [-0.3, -0.25) is 0 Å². The van der Waals surface area contributed by atoms with Crippen LogP contribution in [0.15, 0.2) is 24.3 Å². The van der Waals surface area contributed by atoms with Crippen LogP contribution < -0.4 is 4.74 Å². The average molecular weight is 483 g/mol. The molecule has 2 radical (unpaired) electrons. The largest absolute Gasteiger partial charge is 0.432 e. The van der Waals surface area contributed by atoms with E-state index in [4.69, 9.17) is 0 Å². The molecular weight excluding hydrogens is 454 g/mol. The number of hydrogen-bond acceptors (Lipinski definition) is 1. The molecule has 4 rings (SSSR count). The van der Waals surface area contributed by atoms with Gasteiger partial charge in [0.1, 0.15) is 34.6 Å². The molecule has 2 aliphatic carbocycles. The van der Waals surface area contributed by atoms with E-state index in [1.165, 1.54) is 11.8 Å². The predicted molar refractivity (Wildman–Crippen MR) is 117 cm³/mol. The predicted octanol–water partition coefficient (Wildman–Crippen LogP) is 8.70. The topological polar surface area (TPSA) is 9.23 Å². The maximum Gasteiger partial charge on any atom is 0.432 e. The molecule has 0 aromatic heterocycles. The van der Waals surface area contributed by atoms with Crippen molar-refractivity contribution < 1.29 is 31.1 Å². The second kappa shape index (κ2) is 9.82. The normalized spacial score (nSPS) is 19.5.